The van der Waals surface area contributed by atoms with E-state index in [1.165, 1.54) is 0 Å². The molecule has 2 rings (SSSR count). The van der Waals surface area contributed by atoms with Crippen molar-refractivity contribution in [1.82, 2.24) is 4.98 Å². The van der Waals surface area contributed by atoms with Gasteiger partial charge in [0.1, 0.15) is 0 Å². The third kappa shape index (κ3) is 1.73. The molecule has 1 unspecified atom stereocenters. The zero-order valence-corrected chi connectivity index (χ0v) is 8.44. The molecule has 1 aromatic heterocycles. The Balaban J connectivity index is 2.17. The van der Waals surface area contributed by atoms with Crippen molar-refractivity contribution in [3.05, 3.63) is 24.5 Å². The normalized spacial score (nSPS) is 21.6. The number of carbonyl (C=O) groups excluding carboxylic acids is 1. The number of pyridine rings is 1. The summed E-state index contributed by atoms with van der Waals surface area (Å²) in [4.78, 5) is 17.3. The first-order valence-electron chi connectivity index (χ1n) is 4.57. The van der Waals surface area contributed by atoms with Crippen LogP contribution in [0.1, 0.15) is 6.42 Å². The van der Waals surface area contributed by atoms with Crippen LogP contribution in [0.4, 0.5) is 5.69 Å². The highest BCUT2D eigenvalue weighted by Crippen LogP contribution is 2.24. The maximum atomic E-state index is 11.6. The van der Waals surface area contributed by atoms with Crippen LogP contribution in [-0.4, -0.2) is 23.3 Å². The molecule has 1 saturated heterocycles. The van der Waals surface area contributed by atoms with Crippen molar-refractivity contribution in [2.24, 2.45) is 5.92 Å². The maximum absolute atomic E-state index is 11.6. The van der Waals surface area contributed by atoms with Crippen LogP contribution in [0, 0.1) is 5.92 Å². The van der Waals surface area contributed by atoms with E-state index in [4.69, 9.17) is 11.6 Å². The first-order chi connectivity index (χ1) is 6.81. The molecule has 0 bridgehead atoms. The van der Waals surface area contributed by atoms with Crippen LogP contribution in [0.5, 0.6) is 0 Å². The quantitative estimate of drug-likeness (QED) is 0.696. The van der Waals surface area contributed by atoms with Crippen molar-refractivity contribution in [2.75, 3.05) is 17.3 Å². The summed E-state index contributed by atoms with van der Waals surface area (Å²) in [6.07, 6.45) is 3.95. The molecule has 0 spiro atoms. The van der Waals surface area contributed by atoms with Crippen LogP contribution >= 0.6 is 11.6 Å². The van der Waals surface area contributed by atoms with E-state index in [0.29, 0.717) is 18.8 Å². The van der Waals surface area contributed by atoms with E-state index < -0.39 is 0 Å². The molecular weight excluding hydrogens is 200 g/mol. The fourth-order valence-electron chi connectivity index (χ4n) is 1.65. The lowest BCUT2D eigenvalue weighted by atomic mass is 10.1. The van der Waals surface area contributed by atoms with Gasteiger partial charge in [0.25, 0.3) is 0 Å². The van der Waals surface area contributed by atoms with Crippen molar-refractivity contribution in [1.29, 1.82) is 0 Å². The molecule has 0 saturated carbocycles. The molecule has 1 aliphatic heterocycles. The number of rotatable bonds is 2. The zero-order chi connectivity index (χ0) is 9.97. The summed E-state index contributed by atoms with van der Waals surface area (Å²) in [5.41, 5.74) is 0.866. The SMILES string of the molecule is O=C1CC(CCl)CN1c1cccnc1. The molecule has 4 heteroatoms. The number of hydrogen-bond acceptors (Lipinski definition) is 2. The van der Waals surface area contributed by atoms with E-state index in [9.17, 15) is 4.79 Å². The van der Waals surface area contributed by atoms with Gasteiger partial charge in [0.05, 0.1) is 11.9 Å². The predicted octanol–water partition coefficient (Wildman–Crippen LogP) is 1.67. The van der Waals surface area contributed by atoms with Crippen molar-refractivity contribution < 1.29 is 4.79 Å². The number of anilines is 1. The molecule has 3 nitrogen and oxygen atoms in total. The molecule has 2 heterocycles. The second-order valence-corrected chi connectivity index (χ2v) is 3.75. The van der Waals surface area contributed by atoms with Crippen LogP contribution < -0.4 is 4.90 Å². The lowest BCUT2D eigenvalue weighted by Gasteiger charge is -2.15. The van der Waals surface area contributed by atoms with E-state index in [2.05, 4.69) is 4.98 Å². The molecule has 1 atom stereocenters. The summed E-state index contributed by atoms with van der Waals surface area (Å²) in [6.45, 7) is 0.716. The van der Waals surface area contributed by atoms with E-state index in [1.807, 2.05) is 12.1 Å². The van der Waals surface area contributed by atoms with Gasteiger partial charge in [0.15, 0.2) is 0 Å². The monoisotopic (exact) mass is 210 g/mol. The molecule has 14 heavy (non-hydrogen) atoms. The predicted molar refractivity (Wildman–Crippen MR) is 55.4 cm³/mol. The van der Waals surface area contributed by atoms with Gasteiger partial charge in [-0.2, -0.15) is 0 Å². The second kappa shape index (κ2) is 3.96. The molecule has 0 aromatic carbocycles. The van der Waals surface area contributed by atoms with E-state index in [1.54, 1.807) is 17.3 Å². The van der Waals surface area contributed by atoms with Crippen LogP contribution in [0.3, 0.4) is 0 Å². The highest BCUT2D eigenvalue weighted by Gasteiger charge is 2.29. The molecule has 1 amide bonds. The Kier molecular flexibility index (Phi) is 2.68. The van der Waals surface area contributed by atoms with Crippen LogP contribution in [0.15, 0.2) is 24.5 Å². The van der Waals surface area contributed by atoms with E-state index in [-0.39, 0.29) is 11.8 Å². The Morgan fingerprint density at radius 2 is 2.50 bits per heavy atom. The van der Waals surface area contributed by atoms with Gasteiger partial charge in [-0.25, -0.2) is 0 Å². The first-order valence-corrected chi connectivity index (χ1v) is 5.11. The summed E-state index contributed by atoms with van der Waals surface area (Å²) in [5, 5.41) is 0. The second-order valence-electron chi connectivity index (χ2n) is 3.44. The van der Waals surface area contributed by atoms with Gasteiger partial charge in [0, 0.05) is 25.0 Å². The summed E-state index contributed by atoms with van der Waals surface area (Å²) in [5.74, 6) is 0.968. The Labute approximate surface area is 87.7 Å². The van der Waals surface area contributed by atoms with Crippen molar-refractivity contribution in [3.8, 4) is 0 Å². The summed E-state index contributed by atoms with van der Waals surface area (Å²) >= 11 is 5.73. The van der Waals surface area contributed by atoms with Gasteiger partial charge < -0.3 is 4.90 Å². The lowest BCUT2D eigenvalue weighted by Crippen LogP contribution is -2.24. The molecule has 0 aliphatic carbocycles. The maximum Gasteiger partial charge on any atom is 0.227 e. The fraction of sp³-hybridized carbons (Fsp3) is 0.400. The molecule has 0 radical (unpaired) electrons. The highest BCUT2D eigenvalue weighted by atomic mass is 35.5. The van der Waals surface area contributed by atoms with E-state index in [0.717, 1.165) is 5.69 Å². The minimum atomic E-state index is 0.142. The molecular formula is C10H11ClN2O. The van der Waals surface area contributed by atoms with Crippen molar-refractivity contribution in [3.63, 3.8) is 0 Å². The van der Waals surface area contributed by atoms with Crippen molar-refractivity contribution in [2.45, 2.75) is 6.42 Å². The molecule has 1 aromatic rings. The number of hydrogen-bond donors (Lipinski definition) is 0. The van der Waals surface area contributed by atoms with Gasteiger partial charge in [-0.3, -0.25) is 9.78 Å². The van der Waals surface area contributed by atoms with Gasteiger partial charge in [-0.15, -0.1) is 11.6 Å². The molecule has 1 aliphatic rings. The van der Waals surface area contributed by atoms with Crippen LogP contribution in [0.25, 0.3) is 0 Å². The third-order valence-electron chi connectivity index (χ3n) is 2.38. The number of alkyl halides is 1. The minimum absolute atomic E-state index is 0.142. The van der Waals surface area contributed by atoms with Gasteiger partial charge in [-0.1, -0.05) is 0 Å². The van der Waals surface area contributed by atoms with Crippen molar-refractivity contribution >= 4 is 23.2 Å². The summed E-state index contributed by atoms with van der Waals surface area (Å²) in [7, 11) is 0. The summed E-state index contributed by atoms with van der Waals surface area (Å²) < 4.78 is 0. The van der Waals surface area contributed by atoms with Crippen LogP contribution in [-0.2, 0) is 4.79 Å². The number of carbonyl (C=O) groups is 1. The standard InChI is InChI=1S/C10H11ClN2O/c11-5-8-4-10(14)13(7-8)9-2-1-3-12-6-9/h1-3,6,8H,4-5,7H2. The number of aromatic nitrogens is 1. The minimum Gasteiger partial charge on any atom is -0.311 e. The topological polar surface area (TPSA) is 33.2 Å². The Morgan fingerprint density at radius 3 is 3.07 bits per heavy atom. The molecule has 74 valence electrons. The van der Waals surface area contributed by atoms with Gasteiger partial charge >= 0.3 is 0 Å². The first kappa shape index (κ1) is 9.46. The number of nitrogens with zero attached hydrogens (tertiary/aromatic N) is 2. The average molecular weight is 211 g/mol. The summed E-state index contributed by atoms with van der Waals surface area (Å²) in [6, 6.07) is 3.72. The largest absolute Gasteiger partial charge is 0.311 e. The smallest absolute Gasteiger partial charge is 0.227 e. The van der Waals surface area contributed by atoms with Gasteiger partial charge in [0.2, 0.25) is 5.91 Å². The number of amides is 1. The zero-order valence-electron chi connectivity index (χ0n) is 7.69. The Morgan fingerprint density at radius 1 is 1.64 bits per heavy atom. The van der Waals surface area contributed by atoms with E-state index >= 15 is 0 Å². The lowest BCUT2D eigenvalue weighted by molar-refractivity contribution is -0.117. The average Bonchev–Trinajstić information content (AvgIpc) is 2.61. The molecule has 0 N–H and O–H groups in total. The molecule has 1 fully saturated rings. The van der Waals surface area contributed by atoms with Gasteiger partial charge in [-0.05, 0) is 18.1 Å². The highest BCUT2D eigenvalue weighted by molar-refractivity contribution is 6.18. The Bertz CT molecular complexity index is 328. The third-order valence-corrected chi connectivity index (χ3v) is 2.82. The fourth-order valence-corrected chi connectivity index (χ4v) is 1.85. The number of halogens is 1. The Hall–Kier alpha value is -1.09. The van der Waals surface area contributed by atoms with Crippen LogP contribution in [0.2, 0.25) is 0 Å².